The van der Waals surface area contributed by atoms with Crippen molar-refractivity contribution < 1.29 is 24.3 Å². The Bertz CT molecular complexity index is 826. The summed E-state index contributed by atoms with van der Waals surface area (Å²) in [5, 5.41) is -2.16. The maximum Gasteiger partial charge on any atom is 0.312 e. The fourth-order valence-electron chi connectivity index (χ4n) is 2.31. The second-order valence-electron chi connectivity index (χ2n) is 5.03. The zero-order valence-electron chi connectivity index (χ0n) is 11.1. The molecule has 23 heavy (non-hydrogen) atoms. The molecule has 0 saturated carbocycles. The smallest absolute Gasteiger partial charge is 0.242 e. The van der Waals surface area contributed by atoms with Crippen LogP contribution in [0.5, 0.6) is 0 Å². The van der Waals surface area contributed by atoms with Gasteiger partial charge in [0.15, 0.2) is 5.03 Å². The van der Waals surface area contributed by atoms with E-state index in [1.165, 1.54) is 18.2 Å². The molecule has 1 aromatic heterocycles. The highest BCUT2D eigenvalue weighted by molar-refractivity contribution is 8.53. The number of pyridine rings is 1. The molecule has 124 valence electrons. The molecule has 3 rings (SSSR count). The molecule has 2 aromatic rings. The second-order valence-corrected chi connectivity index (χ2v) is 8.43. The van der Waals surface area contributed by atoms with Gasteiger partial charge in [-0.1, -0.05) is 41.9 Å². The Morgan fingerprint density at radius 2 is 1.52 bits per heavy atom. The average molecular weight is 372 g/mol. The first kappa shape index (κ1) is 16.2. The molecule has 0 fully saturated rings. The first-order chi connectivity index (χ1) is 10.4. The number of aromatic nitrogens is 1. The molecule has 0 spiro atoms. The summed E-state index contributed by atoms with van der Waals surface area (Å²) >= 11 is 5.43. The third kappa shape index (κ3) is 2.31. The average Bonchev–Trinajstić information content (AvgIpc) is 3.04. The Morgan fingerprint density at radius 3 is 2.04 bits per heavy atom. The minimum atomic E-state index is -9.43. The largest absolute Gasteiger partial charge is 0.312 e. The molecular formula is C14H8ClF6NS. The molecule has 0 atom stereocenters. The van der Waals surface area contributed by atoms with Gasteiger partial charge in [0.05, 0.1) is 10.6 Å². The standard InChI is InChI=1S/C14H8ClF6NS/c15-10-6-7-11(22-8-10)23(18,19,20,21)13-12(14(13,16)17)9-4-2-1-3-5-9/h1-8H. The summed E-state index contributed by atoms with van der Waals surface area (Å²) in [7, 11) is -9.43. The van der Waals surface area contributed by atoms with Gasteiger partial charge in [0.1, 0.15) is 4.91 Å². The fourth-order valence-corrected chi connectivity index (χ4v) is 4.46. The third-order valence-electron chi connectivity index (χ3n) is 3.36. The van der Waals surface area contributed by atoms with Gasteiger partial charge in [0.25, 0.3) is 0 Å². The Balaban J connectivity index is 2.26. The number of benzene rings is 1. The first-order valence-corrected chi connectivity index (χ1v) is 8.61. The first-order valence-electron chi connectivity index (χ1n) is 6.18. The molecule has 0 bridgehead atoms. The number of rotatable bonds is 3. The summed E-state index contributed by atoms with van der Waals surface area (Å²) in [6.07, 6.45) is 0.568. The Hall–Kier alpha value is -1.67. The predicted octanol–water partition coefficient (Wildman–Crippen LogP) is 6.57. The highest BCUT2D eigenvalue weighted by Gasteiger charge is 2.84. The van der Waals surface area contributed by atoms with Crippen LogP contribution in [0.25, 0.3) is 5.57 Å². The monoisotopic (exact) mass is 371 g/mol. The van der Waals surface area contributed by atoms with E-state index in [9.17, 15) is 24.3 Å². The lowest BCUT2D eigenvalue weighted by atomic mass is 10.2. The van der Waals surface area contributed by atoms with Crippen molar-refractivity contribution in [2.24, 2.45) is 0 Å². The summed E-state index contributed by atoms with van der Waals surface area (Å²) in [4.78, 5) is 0.456. The summed E-state index contributed by atoms with van der Waals surface area (Å²) in [6, 6.07) is 7.21. The van der Waals surface area contributed by atoms with Crippen molar-refractivity contribution in [2.45, 2.75) is 10.9 Å². The Kier molecular flexibility index (Phi) is 2.85. The van der Waals surface area contributed by atoms with Gasteiger partial charge < -0.3 is 0 Å². The highest BCUT2D eigenvalue weighted by Crippen LogP contribution is 3.09. The van der Waals surface area contributed by atoms with Crippen molar-refractivity contribution in [3.8, 4) is 0 Å². The van der Waals surface area contributed by atoms with Crippen LogP contribution in [-0.2, 0) is 0 Å². The van der Waals surface area contributed by atoms with E-state index in [1.807, 2.05) is 0 Å². The molecule has 0 amide bonds. The molecule has 0 radical (unpaired) electrons. The number of alkyl halides is 2. The van der Waals surface area contributed by atoms with E-state index in [2.05, 4.69) is 4.98 Å². The van der Waals surface area contributed by atoms with E-state index in [0.29, 0.717) is 6.20 Å². The fraction of sp³-hybridized carbons (Fsp3) is 0.0714. The minimum Gasteiger partial charge on any atom is -0.242 e. The maximum atomic E-state index is 14.4. The van der Waals surface area contributed by atoms with Gasteiger partial charge in [-0.3, -0.25) is 0 Å². The van der Waals surface area contributed by atoms with Crippen LogP contribution in [0.15, 0.2) is 58.6 Å². The van der Waals surface area contributed by atoms with Gasteiger partial charge in [-0.2, -0.15) is 8.78 Å². The van der Waals surface area contributed by atoms with Gasteiger partial charge in [-0.25, -0.2) is 4.98 Å². The lowest BCUT2D eigenvalue weighted by molar-refractivity contribution is 0.151. The van der Waals surface area contributed by atoms with Crippen LogP contribution in [0, 0.1) is 0 Å². The van der Waals surface area contributed by atoms with Crippen molar-refractivity contribution >= 4 is 27.0 Å². The lowest BCUT2D eigenvalue weighted by Gasteiger charge is -2.47. The molecule has 1 aromatic carbocycles. The van der Waals surface area contributed by atoms with Crippen molar-refractivity contribution in [3.05, 3.63) is 64.2 Å². The van der Waals surface area contributed by atoms with Gasteiger partial charge in [-0.15, -0.1) is 15.5 Å². The van der Waals surface area contributed by atoms with Crippen LogP contribution in [0.2, 0.25) is 5.02 Å². The zero-order chi connectivity index (χ0) is 17.2. The van der Waals surface area contributed by atoms with E-state index in [4.69, 9.17) is 11.6 Å². The maximum absolute atomic E-state index is 14.4. The molecule has 1 heterocycles. The molecule has 1 aliphatic rings. The van der Waals surface area contributed by atoms with Gasteiger partial charge >= 0.3 is 5.92 Å². The van der Waals surface area contributed by atoms with E-state index >= 15 is 0 Å². The molecular weight excluding hydrogens is 364 g/mol. The number of nitrogens with zero attached hydrogens (tertiary/aromatic N) is 1. The van der Waals surface area contributed by atoms with Crippen LogP contribution >= 0.6 is 21.4 Å². The van der Waals surface area contributed by atoms with Crippen LogP contribution in [0.1, 0.15) is 5.56 Å². The summed E-state index contributed by atoms with van der Waals surface area (Å²) in [5.74, 6) is -4.39. The topological polar surface area (TPSA) is 12.9 Å². The highest BCUT2D eigenvalue weighted by atomic mass is 35.5. The van der Waals surface area contributed by atoms with Crippen LogP contribution in [0.3, 0.4) is 0 Å². The number of hydrogen-bond donors (Lipinski definition) is 0. The van der Waals surface area contributed by atoms with Crippen molar-refractivity contribution in [1.82, 2.24) is 4.98 Å². The molecule has 1 aliphatic carbocycles. The Morgan fingerprint density at radius 1 is 0.913 bits per heavy atom. The van der Waals surface area contributed by atoms with E-state index in [0.717, 1.165) is 18.2 Å². The number of halogens is 7. The van der Waals surface area contributed by atoms with Crippen LogP contribution in [0.4, 0.5) is 24.3 Å². The minimum absolute atomic E-state index is 0.165. The van der Waals surface area contributed by atoms with Gasteiger partial charge in [-0.05, 0) is 17.7 Å². The number of allylic oxidation sites excluding steroid dienone is 2. The van der Waals surface area contributed by atoms with E-state index < -0.39 is 31.3 Å². The predicted molar refractivity (Wildman–Crippen MR) is 77.8 cm³/mol. The summed E-state index contributed by atoms with van der Waals surface area (Å²) in [5.41, 5.74) is -1.73. The quantitative estimate of drug-likeness (QED) is 0.556. The second kappa shape index (κ2) is 4.05. The molecule has 0 aliphatic heterocycles. The molecule has 0 saturated heterocycles. The third-order valence-corrected chi connectivity index (χ3v) is 5.95. The van der Waals surface area contributed by atoms with Crippen LogP contribution < -0.4 is 0 Å². The van der Waals surface area contributed by atoms with E-state index in [1.54, 1.807) is 0 Å². The SMILES string of the molecule is FC1(F)C(c2ccccc2)=C1S(F)(F)(F)(F)c1ccc(Cl)cn1. The van der Waals surface area contributed by atoms with Crippen molar-refractivity contribution in [2.75, 3.05) is 0 Å². The van der Waals surface area contributed by atoms with Gasteiger partial charge in [0, 0.05) is 6.20 Å². The molecule has 0 N–H and O–H groups in total. The van der Waals surface area contributed by atoms with Crippen molar-refractivity contribution in [1.29, 1.82) is 0 Å². The van der Waals surface area contributed by atoms with E-state index in [-0.39, 0.29) is 16.7 Å². The normalized spacial score (nSPS) is 20.0. The lowest BCUT2D eigenvalue weighted by Crippen LogP contribution is -2.18. The summed E-state index contributed by atoms with van der Waals surface area (Å²) < 4.78 is 85.4. The number of hydrogen-bond acceptors (Lipinski definition) is 1. The van der Waals surface area contributed by atoms with Crippen molar-refractivity contribution in [3.63, 3.8) is 0 Å². The van der Waals surface area contributed by atoms with Crippen LogP contribution in [-0.4, -0.2) is 10.9 Å². The summed E-state index contributed by atoms with van der Waals surface area (Å²) in [6.45, 7) is 0. The Labute approximate surface area is 132 Å². The zero-order valence-corrected chi connectivity index (χ0v) is 12.7. The van der Waals surface area contributed by atoms with Gasteiger partial charge in [0.2, 0.25) is 9.84 Å². The molecule has 9 heteroatoms. The molecule has 1 nitrogen and oxygen atoms in total. The molecule has 0 unspecified atom stereocenters.